The van der Waals surface area contributed by atoms with Gasteiger partial charge in [-0.3, -0.25) is 9.56 Å². The van der Waals surface area contributed by atoms with E-state index in [1.807, 2.05) is 0 Å². The zero-order valence-electron chi connectivity index (χ0n) is 15.0. The summed E-state index contributed by atoms with van der Waals surface area (Å²) in [5.41, 5.74) is 1.23. The third-order valence-electron chi connectivity index (χ3n) is 4.66. The first-order valence-electron chi connectivity index (χ1n) is 8.76. The SMILES string of the molecule is Fc1cccc(F)c1C1=NCc2nnc(-c3cccnn3)n2-c2ccc(Br)c(Cl)c21. The first-order chi connectivity index (χ1) is 14.6. The quantitative estimate of drug-likeness (QED) is 0.408. The maximum absolute atomic E-state index is 14.7. The molecule has 2 aromatic heterocycles. The standard InChI is InChI=1S/C20H10BrClF2N6/c21-10-6-7-14-17(18(10)22)19(16-11(23)3-1-4-12(16)24)25-9-15-28-29-20(30(14)15)13-5-2-8-26-27-13/h1-8H,9H2. The molecule has 0 radical (unpaired) electrons. The highest BCUT2D eigenvalue weighted by molar-refractivity contribution is 9.10. The van der Waals surface area contributed by atoms with Gasteiger partial charge in [-0.2, -0.15) is 5.10 Å². The molecule has 148 valence electrons. The Morgan fingerprint density at radius 1 is 0.933 bits per heavy atom. The number of hydrogen-bond donors (Lipinski definition) is 0. The van der Waals surface area contributed by atoms with Gasteiger partial charge in [0.15, 0.2) is 11.6 Å². The molecule has 0 aliphatic carbocycles. The summed E-state index contributed by atoms with van der Waals surface area (Å²) in [6, 6.07) is 10.6. The maximum atomic E-state index is 14.7. The van der Waals surface area contributed by atoms with E-state index in [4.69, 9.17) is 11.6 Å². The molecular formula is C20H10BrClF2N6. The molecule has 3 heterocycles. The Bertz CT molecular complexity index is 1300. The van der Waals surface area contributed by atoms with Crippen LogP contribution in [-0.2, 0) is 6.54 Å². The third-order valence-corrected chi connectivity index (χ3v) is 5.94. The highest BCUT2D eigenvalue weighted by atomic mass is 79.9. The number of benzene rings is 2. The Morgan fingerprint density at radius 3 is 2.47 bits per heavy atom. The topological polar surface area (TPSA) is 68.8 Å². The lowest BCUT2D eigenvalue weighted by Crippen LogP contribution is -2.13. The summed E-state index contributed by atoms with van der Waals surface area (Å²) < 4.78 is 31.6. The molecule has 6 nitrogen and oxygen atoms in total. The van der Waals surface area contributed by atoms with E-state index in [-0.39, 0.29) is 22.8 Å². The lowest BCUT2D eigenvalue weighted by Gasteiger charge is -2.16. The molecule has 1 aliphatic heterocycles. The van der Waals surface area contributed by atoms with Crippen molar-refractivity contribution in [2.75, 3.05) is 0 Å². The van der Waals surface area contributed by atoms with Crippen molar-refractivity contribution in [2.45, 2.75) is 6.54 Å². The molecule has 0 N–H and O–H groups in total. The number of fused-ring (bicyclic) bond motifs is 3. The summed E-state index contributed by atoms with van der Waals surface area (Å²) in [7, 11) is 0. The second-order valence-electron chi connectivity index (χ2n) is 6.40. The van der Waals surface area contributed by atoms with Gasteiger partial charge in [0.1, 0.15) is 23.9 Å². The molecule has 0 saturated carbocycles. The van der Waals surface area contributed by atoms with Crippen LogP contribution in [0, 0.1) is 11.6 Å². The first kappa shape index (κ1) is 19.0. The number of halogens is 4. The molecule has 1 aliphatic rings. The molecule has 0 amide bonds. The van der Waals surface area contributed by atoms with Gasteiger partial charge in [0.25, 0.3) is 0 Å². The van der Waals surface area contributed by atoms with Crippen molar-refractivity contribution in [3.8, 4) is 17.2 Å². The van der Waals surface area contributed by atoms with E-state index >= 15 is 0 Å². The van der Waals surface area contributed by atoms with Crippen LogP contribution in [0.15, 0.2) is 58.1 Å². The molecule has 0 bridgehead atoms. The molecule has 0 unspecified atom stereocenters. The smallest absolute Gasteiger partial charge is 0.189 e. The van der Waals surface area contributed by atoms with Crippen molar-refractivity contribution >= 4 is 33.2 Å². The fourth-order valence-corrected chi connectivity index (χ4v) is 3.95. The Kier molecular flexibility index (Phi) is 4.63. The van der Waals surface area contributed by atoms with Crippen LogP contribution in [0.1, 0.15) is 17.0 Å². The van der Waals surface area contributed by atoms with E-state index in [9.17, 15) is 8.78 Å². The van der Waals surface area contributed by atoms with Gasteiger partial charge in [-0.25, -0.2) is 8.78 Å². The molecule has 0 saturated heterocycles. The Balaban J connectivity index is 1.84. The van der Waals surface area contributed by atoms with Crippen molar-refractivity contribution in [1.29, 1.82) is 0 Å². The fourth-order valence-electron chi connectivity index (χ4n) is 3.37. The average Bonchev–Trinajstić information content (AvgIpc) is 3.10. The molecule has 4 aromatic rings. The van der Waals surface area contributed by atoms with Crippen molar-refractivity contribution in [3.05, 3.63) is 86.7 Å². The minimum Gasteiger partial charge on any atom is -0.276 e. The predicted octanol–water partition coefficient (Wildman–Crippen LogP) is 4.77. The lowest BCUT2D eigenvalue weighted by atomic mass is 9.99. The zero-order chi connectivity index (χ0) is 20.8. The van der Waals surface area contributed by atoms with E-state index in [2.05, 4.69) is 41.3 Å². The summed E-state index contributed by atoms with van der Waals surface area (Å²) in [5, 5.41) is 16.7. The predicted molar refractivity (Wildman–Crippen MR) is 111 cm³/mol. The third kappa shape index (κ3) is 2.93. The normalized spacial score (nSPS) is 12.7. The van der Waals surface area contributed by atoms with Gasteiger partial charge in [-0.1, -0.05) is 17.7 Å². The molecule has 10 heteroatoms. The summed E-state index contributed by atoms with van der Waals surface area (Å²) in [6.07, 6.45) is 1.55. The molecular weight excluding hydrogens is 478 g/mol. The van der Waals surface area contributed by atoms with Gasteiger partial charge in [0.2, 0.25) is 0 Å². The number of aliphatic imine (C=N–C) groups is 1. The van der Waals surface area contributed by atoms with E-state index in [0.717, 1.165) is 0 Å². The molecule has 0 atom stereocenters. The fraction of sp³-hybridized carbons (Fsp3) is 0.0500. The van der Waals surface area contributed by atoms with Crippen LogP contribution in [0.25, 0.3) is 17.2 Å². The maximum Gasteiger partial charge on any atom is 0.189 e. The van der Waals surface area contributed by atoms with Crippen LogP contribution >= 0.6 is 27.5 Å². The largest absolute Gasteiger partial charge is 0.276 e. The highest BCUT2D eigenvalue weighted by Crippen LogP contribution is 2.37. The monoisotopic (exact) mass is 486 g/mol. The minimum absolute atomic E-state index is 0.0407. The molecule has 30 heavy (non-hydrogen) atoms. The zero-order valence-corrected chi connectivity index (χ0v) is 17.4. The summed E-state index contributed by atoms with van der Waals surface area (Å²) in [4.78, 5) is 4.48. The van der Waals surface area contributed by atoms with Crippen LogP contribution in [0.2, 0.25) is 5.02 Å². The van der Waals surface area contributed by atoms with Crippen LogP contribution in [0.3, 0.4) is 0 Å². The van der Waals surface area contributed by atoms with Crippen molar-refractivity contribution in [3.63, 3.8) is 0 Å². The lowest BCUT2D eigenvalue weighted by molar-refractivity contribution is 0.579. The minimum atomic E-state index is -0.734. The number of aromatic nitrogens is 5. The van der Waals surface area contributed by atoms with E-state index < -0.39 is 11.6 Å². The molecule has 5 rings (SSSR count). The Labute approximate surface area is 182 Å². The Morgan fingerprint density at radius 2 is 1.73 bits per heavy atom. The van der Waals surface area contributed by atoms with Crippen LogP contribution < -0.4 is 0 Å². The van der Waals surface area contributed by atoms with Crippen molar-refractivity contribution in [1.82, 2.24) is 25.0 Å². The highest BCUT2D eigenvalue weighted by Gasteiger charge is 2.29. The van der Waals surface area contributed by atoms with Crippen LogP contribution in [-0.4, -0.2) is 30.7 Å². The van der Waals surface area contributed by atoms with Crippen LogP contribution in [0.5, 0.6) is 0 Å². The molecule has 0 fully saturated rings. The van der Waals surface area contributed by atoms with Crippen molar-refractivity contribution in [2.24, 2.45) is 4.99 Å². The van der Waals surface area contributed by atoms with Crippen molar-refractivity contribution < 1.29 is 8.78 Å². The van der Waals surface area contributed by atoms with Gasteiger partial charge in [0.05, 0.1) is 22.0 Å². The van der Waals surface area contributed by atoms with Gasteiger partial charge in [0, 0.05) is 16.2 Å². The van der Waals surface area contributed by atoms with Crippen LogP contribution in [0.4, 0.5) is 8.78 Å². The number of hydrogen-bond acceptors (Lipinski definition) is 5. The van der Waals surface area contributed by atoms with Gasteiger partial charge >= 0.3 is 0 Å². The van der Waals surface area contributed by atoms with E-state index in [1.165, 1.54) is 18.2 Å². The summed E-state index contributed by atoms with van der Waals surface area (Å²) in [5.74, 6) is -0.574. The number of nitrogens with zero attached hydrogens (tertiary/aromatic N) is 6. The molecule has 0 spiro atoms. The van der Waals surface area contributed by atoms with E-state index in [1.54, 1.807) is 35.0 Å². The van der Waals surface area contributed by atoms with Gasteiger partial charge < -0.3 is 0 Å². The number of rotatable bonds is 2. The summed E-state index contributed by atoms with van der Waals surface area (Å²) in [6.45, 7) is 0.0407. The van der Waals surface area contributed by atoms with E-state index in [0.29, 0.717) is 33.1 Å². The Hall–Kier alpha value is -3.04. The summed E-state index contributed by atoms with van der Waals surface area (Å²) >= 11 is 10.0. The second kappa shape index (κ2) is 7.33. The van der Waals surface area contributed by atoms with Gasteiger partial charge in [-0.05, 0) is 52.3 Å². The molecule has 2 aromatic carbocycles. The second-order valence-corrected chi connectivity index (χ2v) is 7.63. The first-order valence-corrected chi connectivity index (χ1v) is 9.93. The average molecular weight is 488 g/mol. The van der Waals surface area contributed by atoms with Gasteiger partial charge in [-0.15, -0.1) is 15.3 Å².